The number of ether oxygens (including phenoxy) is 2. The third-order valence-electron chi connectivity index (χ3n) is 8.24. The van der Waals surface area contributed by atoms with E-state index in [4.69, 9.17) is 9.47 Å². The number of nitrogens with zero attached hydrogens (tertiary/aromatic N) is 1. The van der Waals surface area contributed by atoms with Gasteiger partial charge in [0.05, 0.1) is 12.0 Å². The number of allylic oxidation sites excluding steroid dienone is 1. The van der Waals surface area contributed by atoms with Crippen LogP contribution in [0, 0.1) is 17.6 Å². The van der Waals surface area contributed by atoms with Crippen molar-refractivity contribution in [1.29, 1.82) is 0 Å². The number of amides is 2. The smallest absolute Gasteiger partial charge is 0.417 e. The first-order valence-electron chi connectivity index (χ1n) is 15.7. The van der Waals surface area contributed by atoms with Gasteiger partial charge < -0.3 is 14.8 Å². The van der Waals surface area contributed by atoms with E-state index < -0.39 is 35.8 Å². The first-order valence-corrected chi connectivity index (χ1v) is 15.7. The molecule has 1 saturated heterocycles. The van der Waals surface area contributed by atoms with Gasteiger partial charge in [0.25, 0.3) is 0 Å². The molecule has 2 amide bonds. The number of benzene rings is 5. The van der Waals surface area contributed by atoms with E-state index >= 15 is 0 Å². The summed E-state index contributed by atoms with van der Waals surface area (Å²) in [4.78, 5) is 29.0. The van der Waals surface area contributed by atoms with E-state index in [1.807, 2.05) is 97.1 Å². The van der Waals surface area contributed by atoms with Gasteiger partial charge in [-0.3, -0.25) is 4.79 Å². The van der Waals surface area contributed by atoms with Crippen LogP contribution in [0.2, 0.25) is 0 Å². The lowest BCUT2D eigenvalue weighted by atomic mass is 9.87. The molecule has 0 aromatic heterocycles. The van der Waals surface area contributed by atoms with E-state index in [0.29, 0.717) is 18.0 Å². The molecule has 0 saturated carbocycles. The Morgan fingerprint density at radius 3 is 2.12 bits per heavy atom. The Hall–Kier alpha value is -5.76. The average Bonchev–Trinajstić information content (AvgIpc) is 3.52. The molecule has 1 aliphatic rings. The second kappa shape index (κ2) is 15.2. The molecule has 1 heterocycles. The van der Waals surface area contributed by atoms with Crippen LogP contribution in [0.5, 0.6) is 5.75 Å². The van der Waals surface area contributed by atoms with Gasteiger partial charge in [0.2, 0.25) is 5.91 Å². The van der Waals surface area contributed by atoms with Gasteiger partial charge in [0.1, 0.15) is 36.6 Å². The third kappa shape index (κ3) is 7.96. The standard InChI is InChI=1S/C40H34F2N2O4/c41-32-18-14-28(15-19-32)10-7-13-36(39(45)44-37(27-48-40(44)46)30-11-5-2-6-12-30)38(43-34-22-20-33(42)21-23-34)31-16-24-35(25-17-31)47-26-29-8-3-1-4-9-29/h1-12,14-25,36-38,43H,13,26-27H2/t36-,37-,38-/m1/s1. The van der Waals surface area contributed by atoms with Crippen LogP contribution in [0.25, 0.3) is 6.08 Å². The van der Waals surface area contributed by atoms with Gasteiger partial charge in [0.15, 0.2) is 0 Å². The molecule has 242 valence electrons. The molecule has 0 spiro atoms. The van der Waals surface area contributed by atoms with Crippen LogP contribution < -0.4 is 10.1 Å². The number of carbonyl (C=O) groups is 2. The molecule has 0 radical (unpaired) electrons. The van der Waals surface area contributed by atoms with Gasteiger partial charge in [-0.05, 0) is 77.2 Å². The lowest BCUT2D eigenvalue weighted by molar-refractivity contribution is -0.134. The minimum absolute atomic E-state index is 0.0379. The maximum absolute atomic E-state index is 14.6. The molecule has 1 N–H and O–H groups in total. The van der Waals surface area contributed by atoms with Crippen LogP contribution in [-0.2, 0) is 16.1 Å². The number of hydrogen-bond donors (Lipinski definition) is 1. The number of imide groups is 1. The summed E-state index contributed by atoms with van der Waals surface area (Å²) < 4.78 is 38.9. The number of hydrogen-bond acceptors (Lipinski definition) is 5. The van der Waals surface area contributed by atoms with Crippen molar-refractivity contribution in [3.05, 3.63) is 173 Å². The van der Waals surface area contributed by atoms with E-state index in [1.54, 1.807) is 24.3 Å². The number of cyclic esters (lactones) is 1. The molecule has 3 atom stereocenters. The predicted molar refractivity (Wildman–Crippen MR) is 181 cm³/mol. The van der Waals surface area contributed by atoms with Crippen molar-refractivity contribution in [2.75, 3.05) is 11.9 Å². The molecule has 0 bridgehead atoms. The van der Waals surface area contributed by atoms with E-state index in [1.165, 1.54) is 29.2 Å². The highest BCUT2D eigenvalue weighted by atomic mass is 19.1. The SMILES string of the molecule is O=C1OC[C@H](c2ccccc2)N1C(=O)[C@H](CC=Cc1ccc(F)cc1)[C@H](Nc1ccc(F)cc1)c1ccc(OCc2ccccc2)cc1. The van der Waals surface area contributed by atoms with Crippen molar-refractivity contribution >= 4 is 23.8 Å². The Balaban J connectivity index is 1.35. The van der Waals surface area contributed by atoms with E-state index in [0.717, 1.165) is 22.3 Å². The molecular formula is C40H34F2N2O4. The highest BCUT2D eigenvalue weighted by molar-refractivity contribution is 5.95. The van der Waals surface area contributed by atoms with Crippen molar-refractivity contribution in [1.82, 2.24) is 4.90 Å². The molecule has 1 fully saturated rings. The Morgan fingerprint density at radius 2 is 1.46 bits per heavy atom. The van der Waals surface area contributed by atoms with Crippen LogP contribution in [0.15, 0.2) is 140 Å². The second-order valence-electron chi connectivity index (χ2n) is 11.5. The predicted octanol–water partition coefficient (Wildman–Crippen LogP) is 9.14. The maximum Gasteiger partial charge on any atom is 0.417 e. The molecule has 6 rings (SSSR count). The normalized spacial score (nSPS) is 15.6. The van der Waals surface area contributed by atoms with Crippen LogP contribution in [0.1, 0.15) is 40.8 Å². The molecule has 8 heteroatoms. The average molecular weight is 645 g/mol. The number of rotatable bonds is 12. The summed E-state index contributed by atoms with van der Waals surface area (Å²) >= 11 is 0. The van der Waals surface area contributed by atoms with Gasteiger partial charge >= 0.3 is 6.09 Å². The molecule has 5 aromatic carbocycles. The third-order valence-corrected chi connectivity index (χ3v) is 8.24. The fourth-order valence-corrected chi connectivity index (χ4v) is 5.72. The summed E-state index contributed by atoms with van der Waals surface area (Å²) in [5, 5.41) is 3.44. The highest BCUT2D eigenvalue weighted by Crippen LogP contribution is 2.37. The van der Waals surface area contributed by atoms with Crippen molar-refractivity contribution in [2.45, 2.75) is 25.1 Å². The minimum Gasteiger partial charge on any atom is -0.489 e. The highest BCUT2D eigenvalue weighted by Gasteiger charge is 2.43. The van der Waals surface area contributed by atoms with Crippen LogP contribution >= 0.6 is 0 Å². The minimum atomic E-state index is -0.820. The van der Waals surface area contributed by atoms with Gasteiger partial charge in [-0.15, -0.1) is 0 Å². The largest absolute Gasteiger partial charge is 0.489 e. The van der Waals surface area contributed by atoms with E-state index in [-0.39, 0.29) is 18.8 Å². The summed E-state index contributed by atoms with van der Waals surface area (Å²) in [6.45, 7) is 0.431. The van der Waals surface area contributed by atoms with Gasteiger partial charge in [-0.2, -0.15) is 0 Å². The Labute approximate surface area is 278 Å². The lowest BCUT2D eigenvalue weighted by Crippen LogP contribution is -2.42. The molecule has 0 unspecified atom stereocenters. The summed E-state index contributed by atoms with van der Waals surface area (Å²) in [5.74, 6) is -1.34. The number of halogens is 2. The Kier molecular flexibility index (Phi) is 10.2. The fraction of sp³-hybridized carbons (Fsp3) is 0.150. The summed E-state index contributed by atoms with van der Waals surface area (Å²) in [5.41, 5.74) is 3.91. The van der Waals surface area contributed by atoms with Crippen molar-refractivity contribution in [2.24, 2.45) is 5.92 Å². The number of carbonyl (C=O) groups excluding carboxylic acids is 2. The first kappa shape index (κ1) is 32.2. The second-order valence-corrected chi connectivity index (χ2v) is 11.5. The first-order chi connectivity index (χ1) is 23.4. The van der Waals surface area contributed by atoms with Crippen LogP contribution in [0.4, 0.5) is 19.3 Å². The van der Waals surface area contributed by atoms with Crippen LogP contribution in [0.3, 0.4) is 0 Å². The van der Waals surface area contributed by atoms with E-state index in [9.17, 15) is 18.4 Å². The van der Waals surface area contributed by atoms with Gasteiger partial charge in [-0.25, -0.2) is 18.5 Å². The van der Waals surface area contributed by atoms with Gasteiger partial charge in [-0.1, -0.05) is 97.1 Å². The lowest BCUT2D eigenvalue weighted by Gasteiger charge is -2.31. The Bertz CT molecular complexity index is 1830. The molecule has 0 aliphatic carbocycles. The molecule has 5 aromatic rings. The van der Waals surface area contributed by atoms with E-state index in [2.05, 4.69) is 5.32 Å². The Morgan fingerprint density at radius 1 is 0.833 bits per heavy atom. The summed E-state index contributed by atoms with van der Waals surface area (Å²) in [6, 6.07) is 37.2. The quantitative estimate of drug-likeness (QED) is 0.147. The number of nitrogens with one attached hydrogen (secondary N) is 1. The van der Waals surface area contributed by atoms with Crippen molar-refractivity contribution in [3.8, 4) is 5.75 Å². The topological polar surface area (TPSA) is 67.9 Å². The number of anilines is 1. The molecule has 6 nitrogen and oxygen atoms in total. The summed E-state index contributed by atoms with van der Waals surface area (Å²) in [7, 11) is 0. The molecule has 1 aliphatic heterocycles. The zero-order valence-corrected chi connectivity index (χ0v) is 26.0. The summed E-state index contributed by atoms with van der Waals surface area (Å²) in [6.07, 6.45) is 3.15. The zero-order valence-electron chi connectivity index (χ0n) is 26.0. The molecular weight excluding hydrogens is 610 g/mol. The molecule has 48 heavy (non-hydrogen) atoms. The fourth-order valence-electron chi connectivity index (χ4n) is 5.72. The van der Waals surface area contributed by atoms with Crippen LogP contribution in [-0.4, -0.2) is 23.5 Å². The monoisotopic (exact) mass is 644 g/mol. The van der Waals surface area contributed by atoms with Crippen molar-refractivity contribution in [3.63, 3.8) is 0 Å². The zero-order chi connectivity index (χ0) is 33.3. The van der Waals surface area contributed by atoms with Gasteiger partial charge in [0, 0.05) is 5.69 Å². The van der Waals surface area contributed by atoms with Crippen molar-refractivity contribution < 1.29 is 27.8 Å². The maximum atomic E-state index is 14.6.